The summed E-state index contributed by atoms with van der Waals surface area (Å²) >= 11 is 1.02. The molecule has 0 aliphatic rings. The van der Waals surface area contributed by atoms with E-state index in [1.807, 2.05) is 0 Å². The van der Waals surface area contributed by atoms with E-state index in [1.54, 1.807) is 12.3 Å². The molecule has 0 saturated carbocycles. The summed E-state index contributed by atoms with van der Waals surface area (Å²) in [6.07, 6.45) is 1.49. The van der Waals surface area contributed by atoms with Crippen LogP contribution in [0, 0.1) is 6.92 Å². The smallest absolute Gasteiger partial charge is 0.349 e. The first-order chi connectivity index (χ1) is 8.79. The zero-order chi connectivity index (χ0) is 14.6. The van der Waals surface area contributed by atoms with Gasteiger partial charge in [0, 0.05) is 29.4 Å². The molecular formula is C10H15NO5S3. The first kappa shape index (κ1) is 16.3. The van der Waals surface area contributed by atoms with Crippen LogP contribution in [0.25, 0.3) is 0 Å². The van der Waals surface area contributed by atoms with Crippen LogP contribution < -0.4 is 4.72 Å². The van der Waals surface area contributed by atoms with Gasteiger partial charge in [0.1, 0.15) is 9.77 Å². The Hall–Kier alpha value is -0.770. The second-order valence-corrected chi connectivity index (χ2v) is 7.88. The molecule has 1 N–H and O–H groups in total. The van der Waals surface area contributed by atoms with Crippen LogP contribution in [-0.2, 0) is 25.6 Å². The summed E-state index contributed by atoms with van der Waals surface area (Å²) in [6.45, 7) is 1.66. The highest BCUT2D eigenvalue weighted by Crippen LogP contribution is 2.27. The van der Waals surface area contributed by atoms with Crippen molar-refractivity contribution in [3.05, 3.63) is 15.8 Å². The van der Waals surface area contributed by atoms with E-state index in [-0.39, 0.29) is 22.1 Å². The van der Waals surface area contributed by atoms with Gasteiger partial charge in [-0.15, -0.1) is 11.3 Å². The first-order valence-corrected chi connectivity index (χ1v) is 9.34. The van der Waals surface area contributed by atoms with Crippen molar-refractivity contribution in [2.75, 3.05) is 25.7 Å². The Balaban J connectivity index is 3.04. The van der Waals surface area contributed by atoms with Gasteiger partial charge in [0.15, 0.2) is 0 Å². The average molecular weight is 325 g/mol. The summed E-state index contributed by atoms with van der Waals surface area (Å²) in [5.74, 6) is -0.465. The molecule has 0 amide bonds. The molecule has 0 bridgehead atoms. The molecule has 1 aromatic rings. The van der Waals surface area contributed by atoms with Crippen molar-refractivity contribution < 1.29 is 22.2 Å². The lowest BCUT2D eigenvalue weighted by Gasteiger charge is -2.07. The zero-order valence-corrected chi connectivity index (χ0v) is 13.2. The number of methoxy groups -OCH3 is 1. The molecule has 0 aromatic carbocycles. The number of ether oxygens (including phenoxy) is 1. The molecule has 1 aromatic heterocycles. The summed E-state index contributed by atoms with van der Waals surface area (Å²) in [5, 5.41) is 1.58. The normalized spacial score (nSPS) is 13.2. The van der Waals surface area contributed by atoms with Crippen molar-refractivity contribution in [2.24, 2.45) is 0 Å². The summed E-state index contributed by atoms with van der Waals surface area (Å²) in [4.78, 5) is 11.5. The van der Waals surface area contributed by atoms with Crippen molar-refractivity contribution in [3.8, 4) is 0 Å². The number of carbonyl (C=O) groups is 1. The third kappa shape index (κ3) is 4.10. The second kappa shape index (κ2) is 6.60. The number of thiophene rings is 1. The van der Waals surface area contributed by atoms with Gasteiger partial charge >= 0.3 is 5.97 Å². The first-order valence-electron chi connectivity index (χ1n) is 5.25. The number of nitrogens with one attached hydrogen (secondary N) is 1. The van der Waals surface area contributed by atoms with Gasteiger partial charge < -0.3 is 4.74 Å². The summed E-state index contributed by atoms with van der Waals surface area (Å²) in [7, 11) is -3.69. The van der Waals surface area contributed by atoms with Crippen LogP contribution in [0.15, 0.2) is 10.3 Å². The standard InChI is InChI=1S/C10H15NO5S3/c1-7-6-17-8(10(12)16-2)9(7)19(14,15)11-4-5-18(3)13/h6,11H,4-5H2,1-3H3. The molecular weight excluding hydrogens is 310 g/mol. The average Bonchev–Trinajstić information content (AvgIpc) is 2.70. The van der Waals surface area contributed by atoms with Crippen molar-refractivity contribution in [1.82, 2.24) is 4.72 Å². The molecule has 0 saturated heterocycles. The Morgan fingerprint density at radius 2 is 2.16 bits per heavy atom. The Bertz CT molecular complexity index is 590. The topological polar surface area (TPSA) is 89.5 Å². The molecule has 0 radical (unpaired) electrons. The van der Waals surface area contributed by atoms with E-state index in [0.717, 1.165) is 11.3 Å². The van der Waals surface area contributed by atoms with Crippen LogP contribution in [0.1, 0.15) is 15.2 Å². The lowest BCUT2D eigenvalue weighted by Crippen LogP contribution is -2.29. The van der Waals surface area contributed by atoms with Crippen LogP contribution in [0.4, 0.5) is 0 Å². The molecule has 9 heteroatoms. The predicted octanol–water partition coefficient (Wildman–Crippen LogP) is 0.500. The van der Waals surface area contributed by atoms with Crippen molar-refractivity contribution in [2.45, 2.75) is 11.8 Å². The second-order valence-electron chi connectivity index (χ2n) is 3.74. The van der Waals surface area contributed by atoms with Crippen LogP contribution >= 0.6 is 11.3 Å². The van der Waals surface area contributed by atoms with Crippen LogP contribution in [-0.4, -0.2) is 44.3 Å². The largest absolute Gasteiger partial charge is 0.465 e. The van der Waals surface area contributed by atoms with E-state index in [1.165, 1.54) is 13.4 Å². The Kier molecular flexibility index (Phi) is 5.65. The number of sulfonamides is 1. The summed E-state index contributed by atoms with van der Waals surface area (Å²) < 4.78 is 42.0. The van der Waals surface area contributed by atoms with E-state index < -0.39 is 26.8 Å². The van der Waals surface area contributed by atoms with E-state index >= 15 is 0 Å². The Morgan fingerprint density at radius 1 is 1.53 bits per heavy atom. The molecule has 0 spiro atoms. The van der Waals surface area contributed by atoms with Gasteiger partial charge in [0.25, 0.3) is 0 Å². The molecule has 1 heterocycles. The van der Waals surface area contributed by atoms with Crippen LogP contribution in [0.2, 0.25) is 0 Å². The molecule has 1 rings (SSSR count). The third-order valence-corrected chi connectivity index (χ3v) is 5.87. The maximum atomic E-state index is 12.1. The highest BCUT2D eigenvalue weighted by molar-refractivity contribution is 7.90. The lowest BCUT2D eigenvalue weighted by molar-refractivity contribution is 0.0602. The minimum atomic E-state index is -3.80. The number of hydrogen-bond acceptors (Lipinski definition) is 6. The number of esters is 1. The minimum Gasteiger partial charge on any atom is -0.465 e. The molecule has 0 aliphatic heterocycles. The number of aryl methyl sites for hydroxylation is 1. The molecule has 6 nitrogen and oxygen atoms in total. The molecule has 0 fully saturated rings. The van der Waals surface area contributed by atoms with Crippen LogP contribution in [0.5, 0.6) is 0 Å². The fourth-order valence-corrected chi connectivity index (χ4v) is 4.65. The fourth-order valence-electron chi connectivity index (χ4n) is 1.39. The van der Waals surface area contributed by atoms with Gasteiger partial charge in [-0.3, -0.25) is 4.21 Å². The summed E-state index contributed by atoms with van der Waals surface area (Å²) in [5.41, 5.74) is 0.482. The van der Waals surface area contributed by atoms with Gasteiger partial charge in [-0.25, -0.2) is 17.9 Å². The van der Waals surface area contributed by atoms with Gasteiger partial charge in [-0.05, 0) is 17.9 Å². The number of carbonyl (C=O) groups excluding carboxylic acids is 1. The minimum absolute atomic E-state index is 0.0464. The highest BCUT2D eigenvalue weighted by Gasteiger charge is 2.27. The zero-order valence-electron chi connectivity index (χ0n) is 10.8. The molecule has 108 valence electrons. The van der Waals surface area contributed by atoms with Crippen molar-refractivity contribution in [1.29, 1.82) is 0 Å². The third-order valence-electron chi connectivity index (χ3n) is 2.24. The van der Waals surface area contributed by atoms with E-state index in [0.29, 0.717) is 5.56 Å². The SMILES string of the molecule is COC(=O)c1scc(C)c1S(=O)(=O)NCCS(C)=O. The van der Waals surface area contributed by atoms with Crippen molar-refractivity contribution >= 4 is 38.1 Å². The lowest BCUT2D eigenvalue weighted by atomic mass is 10.3. The Labute approximate surface area is 118 Å². The highest BCUT2D eigenvalue weighted by atomic mass is 32.2. The van der Waals surface area contributed by atoms with Gasteiger partial charge in [-0.1, -0.05) is 0 Å². The van der Waals surface area contributed by atoms with E-state index in [4.69, 9.17) is 0 Å². The predicted molar refractivity (Wildman–Crippen MR) is 74.5 cm³/mol. The maximum absolute atomic E-state index is 12.1. The van der Waals surface area contributed by atoms with Gasteiger partial charge in [-0.2, -0.15) is 0 Å². The fraction of sp³-hybridized carbons (Fsp3) is 0.500. The molecule has 1 unspecified atom stereocenters. The molecule has 19 heavy (non-hydrogen) atoms. The quantitative estimate of drug-likeness (QED) is 0.769. The molecule has 0 aliphatic carbocycles. The Morgan fingerprint density at radius 3 is 2.68 bits per heavy atom. The maximum Gasteiger partial charge on any atom is 0.349 e. The van der Waals surface area contributed by atoms with E-state index in [9.17, 15) is 17.4 Å². The molecule has 1 atom stereocenters. The summed E-state index contributed by atoms with van der Waals surface area (Å²) in [6, 6.07) is 0. The van der Waals surface area contributed by atoms with E-state index in [2.05, 4.69) is 9.46 Å². The van der Waals surface area contributed by atoms with Gasteiger partial charge in [0.05, 0.1) is 7.11 Å². The number of rotatable bonds is 6. The number of hydrogen-bond donors (Lipinski definition) is 1. The van der Waals surface area contributed by atoms with Crippen LogP contribution in [0.3, 0.4) is 0 Å². The monoisotopic (exact) mass is 325 g/mol. The van der Waals surface area contributed by atoms with Crippen molar-refractivity contribution in [3.63, 3.8) is 0 Å². The van der Waals surface area contributed by atoms with Gasteiger partial charge in [0.2, 0.25) is 10.0 Å².